The third-order valence-electron chi connectivity index (χ3n) is 2.99. The minimum absolute atomic E-state index is 0.324. The van der Waals surface area contributed by atoms with Crippen molar-refractivity contribution in [3.05, 3.63) is 0 Å². The predicted octanol–water partition coefficient (Wildman–Crippen LogP) is 1.65. The molecule has 2 heteroatoms. The summed E-state index contributed by atoms with van der Waals surface area (Å²) in [6.07, 6.45) is 3.61. The molecule has 70 valence electrons. The third-order valence-corrected chi connectivity index (χ3v) is 2.99. The van der Waals surface area contributed by atoms with Crippen molar-refractivity contribution >= 4 is 0 Å². The van der Waals surface area contributed by atoms with E-state index in [-0.39, 0.29) is 0 Å². The number of hydrogen-bond acceptors (Lipinski definition) is 2. The fraction of sp³-hybridized carbons (Fsp3) is 1.00. The summed E-state index contributed by atoms with van der Waals surface area (Å²) in [6, 6.07) is 0. The molecule has 0 aliphatic carbocycles. The quantitative estimate of drug-likeness (QED) is 0.546. The molecule has 0 amide bonds. The highest BCUT2D eigenvalue weighted by Crippen LogP contribution is 2.29. The molecule has 0 aromatic carbocycles. The van der Waals surface area contributed by atoms with Crippen molar-refractivity contribution in [1.82, 2.24) is 4.90 Å². The SMILES string of the molecule is CC(C)(C)N1C[C@H]2CC[C@@H](C1)O2. The summed E-state index contributed by atoms with van der Waals surface area (Å²) in [4.78, 5) is 2.55. The van der Waals surface area contributed by atoms with E-state index >= 15 is 0 Å². The molecule has 12 heavy (non-hydrogen) atoms. The van der Waals surface area contributed by atoms with Gasteiger partial charge in [-0.1, -0.05) is 0 Å². The Balaban J connectivity index is 2.03. The molecule has 2 heterocycles. The number of ether oxygens (including phenoxy) is 1. The fourth-order valence-electron chi connectivity index (χ4n) is 2.16. The summed E-state index contributed by atoms with van der Waals surface area (Å²) < 4.78 is 5.78. The molecule has 0 spiro atoms. The Morgan fingerprint density at radius 2 is 1.58 bits per heavy atom. The van der Waals surface area contributed by atoms with E-state index in [4.69, 9.17) is 4.74 Å². The van der Waals surface area contributed by atoms with Gasteiger partial charge in [-0.15, -0.1) is 0 Å². The van der Waals surface area contributed by atoms with Crippen LogP contribution in [-0.4, -0.2) is 35.7 Å². The highest BCUT2D eigenvalue weighted by Gasteiger charge is 2.37. The van der Waals surface area contributed by atoms with Gasteiger partial charge in [-0.3, -0.25) is 4.90 Å². The van der Waals surface area contributed by atoms with Crippen LogP contribution >= 0.6 is 0 Å². The largest absolute Gasteiger partial charge is 0.372 e. The molecule has 2 fully saturated rings. The highest BCUT2D eigenvalue weighted by molar-refractivity contribution is 4.90. The number of morpholine rings is 1. The average molecular weight is 169 g/mol. The first-order valence-electron chi connectivity index (χ1n) is 4.96. The molecule has 2 atom stereocenters. The van der Waals surface area contributed by atoms with E-state index in [0.29, 0.717) is 17.7 Å². The van der Waals surface area contributed by atoms with Gasteiger partial charge in [-0.2, -0.15) is 0 Å². The first-order valence-corrected chi connectivity index (χ1v) is 4.96. The molecular formula is C10H19NO. The van der Waals surface area contributed by atoms with Gasteiger partial charge in [0.25, 0.3) is 0 Å². The van der Waals surface area contributed by atoms with Crippen molar-refractivity contribution in [3.63, 3.8) is 0 Å². The monoisotopic (exact) mass is 169 g/mol. The fourth-order valence-corrected chi connectivity index (χ4v) is 2.16. The molecule has 2 bridgehead atoms. The first kappa shape index (κ1) is 8.52. The molecular weight excluding hydrogens is 150 g/mol. The van der Waals surface area contributed by atoms with Crippen molar-refractivity contribution in [2.45, 2.75) is 51.4 Å². The van der Waals surface area contributed by atoms with Gasteiger partial charge in [-0.05, 0) is 33.6 Å². The summed E-state index contributed by atoms with van der Waals surface area (Å²) in [5.41, 5.74) is 0.324. The number of fused-ring (bicyclic) bond motifs is 2. The molecule has 2 saturated heterocycles. The first-order chi connectivity index (χ1) is 5.55. The molecule has 2 rings (SSSR count). The van der Waals surface area contributed by atoms with Crippen molar-refractivity contribution in [2.75, 3.05) is 13.1 Å². The van der Waals surface area contributed by atoms with Crippen LogP contribution in [0.3, 0.4) is 0 Å². The number of rotatable bonds is 0. The lowest BCUT2D eigenvalue weighted by molar-refractivity contribution is -0.0668. The van der Waals surface area contributed by atoms with Gasteiger partial charge in [-0.25, -0.2) is 0 Å². The van der Waals surface area contributed by atoms with Gasteiger partial charge in [0.05, 0.1) is 12.2 Å². The molecule has 0 unspecified atom stereocenters. The van der Waals surface area contributed by atoms with Crippen molar-refractivity contribution < 1.29 is 4.74 Å². The standard InChI is InChI=1S/C10H19NO/c1-10(2,3)11-6-8-4-5-9(7-11)12-8/h8-9H,4-7H2,1-3H3/t8-,9+. The second-order valence-electron chi connectivity index (χ2n) is 5.03. The predicted molar refractivity (Wildman–Crippen MR) is 49.2 cm³/mol. The highest BCUT2D eigenvalue weighted by atomic mass is 16.5. The Bertz CT molecular complexity index is 161. The van der Waals surface area contributed by atoms with Crippen LogP contribution in [0, 0.1) is 0 Å². The van der Waals surface area contributed by atoms with Crippen LogP contribution in [0.4, 0.5) is 0 Å². The van der Waals surface area contributed by atoms with E-state index in [2.05, 4.69) is 25.7 Å². The lowest BCUT2D eigenvalue weighted by Crippen LogP contribution is -2.51. The summed E-state index contributed by atoms with van der Waals surface area (Å²) in [5, 5.41) is 0. The molecule has 2 aliphatic rings. The number of nitrogens with zero attached hydrogens (tertiary/aromatic N) is 1. The topological polar surface area (TPSA) is 12.5 Å². The second-order valence-corrected chi connectivity index (χ2v) is 5.03. The lowest BCUT2D eigenvalue weighted by atomic mass is 10.0. The summed E-state index contributed by atoms with van der Waals surface area (Å²) in [5.74, 6) is 0. The van der Waals surface area contributed by atoms with E-state index in [1.165, 1.54) is 12.8 Å². The minimum Gasteiger partial charge on any atom is -0.372 e. The zero-order valence-electron chi connectivity index (χ0n) is 8.34. The Kier molecular flexibility index (Phi) is 1.92. The van der Waals surface area contributed by atoms with Gasteiger partial charge in [0.1, 0.15) is 0 Å². The van der Waals surface area contributed by atoms with Crippen LogP contribution in [0.1, 0.15) is 33.6 Å². The molecule has 0 N–H and O–H groups in total. The summed E-state index contributed by atoms with van der Waals surface area (Å²) in [6.45, 7) is 9.15. The molecule has 0 saturated carbocycles. The lowest BCUT2D eigenvalue weighted by Gasteiger charge is -2.41. The normalized spacial score (nSPS) is 37.2. The van der Waals surface area contributed by atoms with E-state index in [1.54, 1.807) is 0 Å². The number of hydrogen-bond donors (Lipinski definition) is 0. The molecule has 0 aromatic heterocycles. The number of likely N-dealkylation sites (tertiary alicyclic amines) is 1. The Hall–Kier alpha value is -0.0800. The van der Waals surface area contributed by atoms with Crippen molar-refractivity contribution in [1.29, 1.82) is 0 Å². The Morgan fingerprint density at radius 1 is 1.08 bits per heavy atom. The van der Waals surface area contributed by atoms with Gasteiger partial charge in [0.15, 0.2) is 0 Å². The van der Waals surface area contributed by atoms with Crippen LogP contribution in [0.5, 0.6) is 0 Å². The summed E-state index contributed by atoms with van der Waals surface area (Å²) >= 11 is 0. The van der Waals surface area contributed by atoms with Crippen LogP contribution in [0.15, 0.2) is 0 Å². The van der Waals surface area contributed by atoms with E-state index < -0.39 is 0 Å². The van der Waals surface area contributed by atoms with Gasteiger partial charge in [0, 0.05) is 18.6 Å². The molecule has 2 nitrogen and oxygen atoms in total. The van der Waals surface area contributed by atoms with Crippen LogP contribution in [0.2, 0.25) is 0 Å². The van der Waals surface area contributed by atoms with Gasteiger partial charge in [0.2, 0.25) is 0 Å². The molecule has 2 aliphatic heterocycles. The van der Waals surface area contributed by atoms with Crippen LogP contribution in [-0.2, 0) is 4.74 Å². The van der Waals surface area contributed by atoms with Crippen LogP contribution < -0.4 is 0 Å². The maximum atomic E-state index is 5.78. The van der Waals surface area contributed by atoms with Gasteiger partial charge >= 0.3 is 0 Å². The smallest absolute Gasteiger partial charge is 0.0707 e. The zero-order valence-corrected chi connectivity index (χ0v) is 8.34. The van der Waals surface area contributed by atoms with Crippen molar-refractivity contribution in [3.8, 4) is 0 Å². The average Bonchev–Trinajstić information content (AvgIpc) is 2.28. The van der Waals surface area contributed by atoms with E-state index in [0.717, 1.165) is 13.1 Å². The summed E-state index contributed by atoms with van der Waals surface area (Å²) in [7, 11) is 0. The zero-order chi connectivity index (χ0) is 8.77. The molecule has 0 aromatic rings. The Morgan fingerprint density at radius 3 is 2.00 bits per heavy atom. The van der Waals surface area contributed by atoms with Gasteiger partial charge < -0.3 is 4.74 Å². The van der Waals surface area contributed by atoms with Crippen molar-refractivity contribution in [2.24, 2.45) is 0 Å². The van der Waals surface area contributed by atoms with E-state index in [1.807, 2.05) is 0 Å². The minimum atomic E-state index is 0.324. The van der Waals surface area contributed by atoms with E-state index in [9.17, 15) is 0 Å². The Labute approximate surface area is 74.9 Å². The second kappa shape index (κ2) is 2.71. The molecule has 0 radical (unpaired) electrons. The third kappa shape index (κ3) is 1.50. The van der Waals surface area contributed by atoms with Crippen LogP contribution in [0.25, 0.3) is 0 Å². The maximum Gasteiger partial charge on any atom is 0.0707 e. The maximum absolute atomic E-state index is 5.78.